The van der Waals surface area contributed by atoms with Crippen LogP contribution in [-0.4, -0.2) is 32.4 Å². The molecular formula is C18H21N3O3. The molecule has 0 radical (unpaired) electrons. The van der Waals surface area contributed by atoms with Crippen LogP contribution in [0, 0.1) is 0 Å². The van der Waals surface area contributed by atoms with Crippen molar-refractivity contribution in [3.8, 4) is 11.5 Å². The van der Waals surface area contributed by atoms with E-state index >= 15 is 0 Å². The predicted octanol–water partition coefficient (Wildman–Crippen LogP) is 2.66. The third kappa shape index (κ3) is 4.74. The van der Waals surface area contributed by atoms with Crippen LogP contribution in [0.3, 0.4) is 0 Å². The van der Waals surface area contributed by atoms with E-state index < -0.39 is 0 Å². The molecule has 0 saturated carbocycles. The Kier molecular flexibility index (Phi) is 6.19. The van der Waals surface area contributed by atoms with Crippen LogP contribution < -0.4 is 20.2 Å². The van der Waals surface area contributed by atoms with Gasteiger partial charge >= 0.3 is 0 Å². The van der Waals surface area contributed by atoms with Gasteiger partial charge in [-0.2, -0.15) is 5.10 Å². The maximum atomic E-state index is 11.9. The molecule has 2 N–H and O–H groups in total. The van der Waals surface area contributed by atoms with Crippen molar-refractivity contribution in [1.29, 1.82) is 0 Å². The van der Waals surface area contributed by atoms with E-state index in [9.17, 15) is 4.79 Å². The predicted molar refractivity (Wildman–Crippen MR) is 94.8 cm³/mol. The molecule has 6 nitrogen and oxygen atoms in total. The average molecular weight is 327 g/mol. The maximum absolute atomic E-state index is 11.9. The van der Waals surface area contributed by atoms with Crippen molar-refractivity contribution in [2.24, 2.45) is 5.10 Å². The van der Waals surface area contributed by atoms with Crippen molar-refractivity contribution in [2.75, 3.05) is 26.1 Å². The quantitative estimate of drug-likeness (QED) is 0.606. The average Bonchev–Trinajstić information content (AvgIpc) is 2.64. The lowest BCUT2D eigenvalue weighted by Crippen LogP contribution is -2.26. The fourth-order valence-corrected chi connectivity index (χ4v) is 2.08. The number of benzene rings is 2. The molecule has 0 saturated heterocycles. The Labute approximate surface area is 141 Å². The van der Waals surface area contributed by atoms with E-state index in [1.165, 1.54) is 0 Å². The van der Waals surface area contributed by atoms with Gasteiger partial charge in [0.15, 0.2) is 0 Å². The van der Waals surface area contributed by atoms with E-state index in [1.54, 1.807) is 14.2 Å². The number of carbonyl (C=O) groups is 1. The molecule has 0 bridgehead atoms. The summed E-state index contributed by atoms with van der Waals surface area (Å²) in [6, 6.07) is 14.8. The number of para-hydroxylation sites is 1. The lowest BCUT2D eigenvalue weighted by atomic mass is 10.1. The Morgan fingerprint density at radius 2 is 1.75 bits per heavy atom. The third-order valence-electron chi connectivity index (χ3n) is 3.39. The zero-order chi connectivity index (χ0) is 17.4. The second-order valence-corrected chi connectivity index (χ2v) is 5.01. The summed E-state index contributed by atoms with van der Waals surface area (Å²) in [5, 5.41) is 7.14. The van der Waals surface area contributed by atoms with E-state index in [0.29, 0.717) is 11.5 Å². The number of hydrazone groups is 1. The van der Waals surface area contributed by atoms with E-state index in [4.69, 9.17) is 9.47 Å². The number of amides is 1. The number of hydrogen-bond donors (Lipinski definition) is 2. The molecule has 0 aliphatic heterocycles. The van der Waals surface area contributed by atoms with Crippen molar-refractivity contribution in [2.45, 2.75) is 6.92 Å². The Bertz CT molecular complexity index is 712. The van der Waals surface area contributed by atoms with E-state index in [2.05, 4.69) is 15.8 Å². The van der Waals surface area contributed by atoms with Gasteiger partial charge in [-0.25, -0.2) is 5.43 Å². The minimum atomic E-state index is -0.236. The molecule has 2 rings (SSSR count). The van der Waals surface area contributed by atoms with E-state index in [-0.39, 0.29) is 12.5 Å². The molecule has 6 heteroatoms. The van der Waals surface area contributed by atoms with Crippen LogP contribution in [-0.2, 0) is 4.79 Å². The number of nitrogens with one attached hydrogen (secondary N) is 2. The van der Waals surface area contributed by atoms with Crippen LogP contribution in [0.25, 0.3) is 0 Å². The SMILES string of the molecule is COc1ccc(NCC(=O)N/N=C(/C)c2ccccc2OC)cc1. The van der Waals surface area contributed by atoms with Gasteiger partial charge in [-0.15, -0.1) is 0 Å². The number of hydrogen-bond acceptors (Lipinski definition) is 5. The molecule has 0 aliphatic carbocycles. The number of nitrogens with zero attached hydrogens (tertiary/aromatic N) is 1. The van der Waals surface area contributed by atoms with Crippen LogP contribution in [0.15, 0.2) is 53.6 Å². The van der Waals surface area contributed by atoms with Crippen LogP contribution in [0.1, 0.15) is 12.5 Å². The fraction of sp³-hybridized carbons (Fsp3) is 0.222. The van der Waals surface area contributed by atoms with Gasteiger partial charge in [0.05, 0.1) is 26.5 Å². The summed E-state index contributed by atoms with van der Waals surface area (Å²) >= 11 is 0. The van der Waals surface area contributed by atoms with Gasteiger partial charge in [0.1, 0.15) is 11.5 Å². The molecule has 0 unspecified atom stereocenters. The van der Waals surface area contributed by atoms with Crippen LogP contribution in [0.5, 0.6) is 11.5 Å². The summed E-state index contributed by atoms with van der Waals surface area (Å²) in [5.41, 5.74) is 4.87. The lowest BCUT2D eigenvalue weighted by molar-refractivity contribution is -0.119. The summed E-state index contributed by atoms with van der Waals surface area (Å²) in [6.45, 7) is 1.93. The Morgan fingerprint density at radius 3 is 2.42 bits per heavy atom. The molecule has 0 aliphatic rings. The fourth-order valence-electron chi connectivity index (χ4n) is 2.08. The van der Waals surface area contributed by atoms with Crippen molar-refractivity contribution >= 4 is 17.3 Å². The van der Waals surface area contributed by atoms with Gasteiger partial charge in [0.25, 0.3) is 5.91 Å². The third-order valence-corrected chi connectivity index (χ3v) is 3.39. The minimum absolute atomic E-state index is 0.120. The van der Waals surface area contributed by atoms with Crippen molar-refractivity contribution < 1.29 is 14.3 Å². The number of methoxy groups -OCH3 is 2. The Balaban J connectivity index is 1.89. The van der Waals surface area contributed by atoms with Gasteiger partial charge in [-0.1, -0.05) is 12.1 Å². The van der Waals surface area contributed by atoms with Crippen LogP contribution >= 0.6 is 0 Å². The Morgan fingerprint density at radius 1 is 1.04 bits per heavy atom. The lowest BCUT2D eigenvalue weighted by Gasteiger charge is -2.09. The first-order chi connectivity index (χ1) is 11.6. The molecule has 24 heavy (non-hydrogen) atoms. The minimum Gasteiger partial charge on any atom is -0.497 e. The number of ether oxygens (including phenoxy) is 2. The standard InChI is InChI=1S/C18H21N3O3/c1-13(16-6-4-5-7-17(16)24-3)20-21-18(22)12-19-14-8-10-15(23-2)11-9-14/h4-11,19H,12H2,1-3H3,(H,21,22)/b20-13-. The Hall–Kier alpha value is -3.02. The van der Waals surface area contributed by atoms with Gasteiger partial charge in [-0.3, -0.25) is 4.79 Å². The highest BCUT2D eigenvalue weighted by atomic mass is 16.5. The number of anilines is 1. The van der Waals surface area contributed by atoms with Crippen molar-refractivity contribution in [3.63, 3.8) is 0 Å². The molecule has 0 fully saturated rings. The second-order valence-electron chi connectivity index (χ2n) is 5.01. The second kappa shape index (κ2) is 8.57. The largest absolute Gasteiger partial charge is 0.497 e. The molecule has 126 valence electrons. The van der Waals surface area contributed by atoms with Gasteiger partial charge < -0.3 is 14.8 Å². The van der Waals surface area contributed by atoms with Crippen LogP contribution in [0.2, 0.25) is 0 Å². The summed E-state index contributed by atoms with van der Waals surface area (Å²) in [4.78, 5) is 11.9. The van der Waals surface area contributed by atoms with E-state index in [1.807, 2.05) is 55.5 Å². The topological polar surface area (TPSA) is 72.0 Å². The number of rotatable bonds is 7. The zero-order valence-corrected chi connectivity index (χ0v) is 14.0. The highest BCUT2D eigenvalue weighted by Crippen LogP contribution is 2.18. The van der Waals surface area contributed by atoms with Crippen molar-refractivity contribution in [3.05, 3.63) is 54.1 Å². The molecule has 0 spiro atoms. The van der Waals surface area contributed by atoms with Crippen LogP contribution in [0.4, 0.5) is 5.69 Å². The number of carbonyl (C=O) groups excluding carboxylic acids is 1. The maximum Gasteiger partial charge on any atom is 0.259 e. The first kappa shape index (κ1) is 17.3. The molecule has 2 aromatic carbocycles. The smallest absolute Gasteiger partial charge is 0.259 e. The van der Waals surface area contributed by atoms with Gasteiger partial charge in [-0.05, 0) is 43.3 Å². The summed E-state index contributed by atoms with van der Waals surface area (Å²) in [5.74, 6) is 1.24. The van der Waals surface area contributed by atoms with Gasteiger partial charge in [0, 0.05) is 11.3 Å². The molecule has 2 aromatic rings. The first-order valence-electron chi connectivity index (χ1n) is 7.48. The normalized spacial score (nSPS) is 10.9. The summed E-state index contributed by atoms with van der Waals surface area (Å²) in [6.07, 6.45) is 0. The van der Waals surface area contributed by atoms with E-state index in [0.717, 1.165) is 17.0 Å². The summed E-state index contributed by atoms with van der Waals surface area (Å²) in [7, 11) is 3.21. The zero-order valence-electron chi connectivity index (χ0n) is 14.0. The molecule has 0 atom stereocenters. The highest BCUT2D eigenvalue weighted by Gasteiger charge is 2.06. The van der Waals surface area contributed by atoms with Crippen molar-refractivity contribution in [1.82, 2.24) is 5.43 Å². The monoisotopic (exact) mass is 327 g/mol. The first-order valence-corrected chi connectivity index (χ1v) is 7.48. The van der Waals surface area contributed by atoms with Gasteiger partial charge in [0.2, 0.25) is 0 Å². The highest BCUT2D eigenvalue weighted by molar-refractivity contribution is 6.01. The molecular weight excluding hydrogens is 306 g/mol. The molecule has 1 amide bonds. The molecule has 0 heterocycles. The summed E-state index contributed by atoms with van der Waals surface area (Å²) < 4.78 is 10.4. The molecule has 0 aromatic heterocycles.